The number of nitrogens with zero attached hydrogens (tertiary/aromatic N) is 2. The van der Waals surface area contributed by atoms with Gasteiger partial charge in [0.15, 0.2) is 11.4 Å². The van der Waals surface area contributed by atoms with Crippen LogP contribution in [-0.2, 0) is 0 Å². The van der Waals surface area contributed by atoms with E-state index in [2.05, 4.69) is 22.8 Å². The molecule has 4 rings (SSSR count). The van der Waals surface area contributed by atoms with Gasteiger partial charge in [0, 0.05) is 0 Å². The van der Waals surface area contributed by atoms with E-state index in [9.17, 15) is 9.59 Å². The van der Waals surface area contributed by atoms with E-state index in [4.69, 9.17) is 8.83 Å². The van der Waals surface area contributed by atoms with Crippen molar-refractivity contribution in [3.63, 3.8) is 0 Å². The number of hydrogen-bond donors (Lipinski definition) is 0. The topological polar surface area (TPSA) is 85.1 Å². The molecule has 0 N–H and O–H groups in total. The third kappa shape index (κ3) is 2.30. The summed E-state index contributed by atoms with van der Waals surface area (Å²) < 4.78 is 10.4. The second kappa shape index (κ2) is 5.58. The molecular formula is C18H8N2O4. The summed E-state index contributed by atoms with van der Waals surface area (Å²) in [6.45, 7) is 0. The molecule has 4 aromatic rings. The van der Waals surface area contributed by atoms with Crippen molar-refractivity contribution in [3.8, 4) is 0 Å². The van der Waals surface area contributed by atoms with Crippen molar-refractivity contribution in [2.45, 2.75) is 0 Å². The van der Waals surface area contributed by atoms with Gasteiger partial charge >= 0.3 is 0 Å². The minimum atomic E-state index is -0.384. The van der Waals surface area contributed by atoms with Crippen molar-refractivity contribution in [1.82, 2.24) is 0 Å². The minimum absolute atomic E-state index is 0.130. The van der Waals surface area contributed by atoms with E-state index < -0.39 is 0 Å². The van der Waals surface area contributed by atoms with Crippen molar-refractivity contribution >= 4 is 33.3 Å². The number of hydrogen-bond acceptors (Lipinski definition) is 6. The van der Waals surface area contributed by atoms with Gasteiger partial charge in [0.1, 0.15) is 11.2 Å². The van der Waals surface area contributed by atoms with Crippen LogP contribution in [0.5, 0.6) is 0 Å². The molecule has 2 aromatic heterocycles. The van der Waals surface area contributed by atoms with Crippen LogP contribution in [0.3, 0.4) is 0 Å². The van der Waals surface area contributed by atoms with Crippen LogP contribution in [0.15, 0.2) is 77.2 Å². The first-order valence-corrected chi connectivity index (χ1v) is 7.03. The van der Waals surface area contributed by atoms with Crippen LogP contribution >= 0.6 is 0 Å². The van der Waals surface area contributed by atoms with Gasteiger partial charge in [-0.25, -0.2) is 0 Å². The summed E-state index contributed by atoms with van der Waals surface area (Å²) in [5.41, 5.74) is -0.225. The predicted molar refractivity (Wildman–Crippen MR) is 86.8 cm³/mol. The minimum Gasteiger partial charge on any atom is -0.450 e. The number of azo groups is 1. The van der Waals surface area contributed by atoms with Crippen LogP contribution in [0.2, 0.25) is 0 Å². The Morgan fingerprint density at radius 1 is 0.667 bits per heavy atom. The van der Waals surface area contributed by atoms with E-state index in [1.807, 2.05) is 0 Å². The van der Waals surface area contributed by atoms with E-state index in [0.29, 0.717) is 21.9 Å². The molecule has 0 bridgehead atoms. The Kier molecular flexibility index (Phi) is 3.28. The third-order valence-corrected chi connectivity index (χ3v) is 3.46. The standard InChI is InChI=1S/C18H8N2O4/c21-17-11-5-1-3-7-15(11)23-9-13(17)19-20-14-10-24-16-8-4-2-6-12(16)18(14)22/h1-8H. The van der Waals surface area contributed by atoms with Crippen molar-refractivity contribution in [2.24, 2.45) is 10.2 Å². The average molecular weight is 316 g/mol. The summed E-state index contributed by atoms with van der Waals surface area (Å²) in [4.78, 5) is 24.6. The highest BCUT2D eigenvalue weighted by atomic mass is 16.3. The maximum absolute atomic E-state index is 12.3. The Labute approximate surface area is 134 Å². The highest BCUT2D eigenvalue weighted by molar-refractivity contribution is 5.79. The van der Waals surface area contributed by atoms with Crippen LogP contribution in [-0.4, -0.2) is 0 Å². The normalized spacial score (nSPS) is 11.5. The lowest BCUT2D eigenvalue weighted by molar-refractivity contribution is 0.590. The zero-order valence-corrected chi connectivity index (χ0v) is 12.1. The molecule has 6 heteroatoms. The molecule has 0 spiro atoms. The molecule has 24 heavy (non-hydrogen) atoms. The summed E-state index contributed by atoms with van der Waals surface area (Å²) in [7, 11) is 0. The van der Waals surface area contributed by atoms with E-state index in [1.54, 1.807) is 48.5 Å². The molecule has 0 fully saturated rings. The lowest BCUT2D eigenvalue weighted by Crippen LogP contribution is -2.01. The maximum atomic E-state index is 12.3. The lowest BCUT2D eigenvalue weighted by Gasteiger charge is -1.97. The van der Waals surface area contributed by atoms with Crippen molar-refractivity contribution in [2.75, 3.05) is 0 Å². The smallest absolute Gasteiger partial charge is 0.221 e. The summed E-state index contributed by atoms with van der Waals surface area (Å²) in [6, 6.07) is 13.5. The molecule has 0 saturated carbocycles. The zero-order chi connectivity index (χ0) is 16.5. The van der Waals surface area contributed by atoms with Gasteiger partial charge in [0.05, 0.1) is 10.8 Å². The number of benzene rings is 2. The maximum Gasteiger partial charge on any atom is 0.221 e. The van der Waals surface area contributed by atoms with Crippen LogP contribution < -0.4 is 10.9 Å². The molecule has 0 aliphatic rings. The van der Waals surface area contributed by atoms with Gasteiger partial charge in [-0.2, -0.15) is 0 Å². The molecule has 6 nitrogen and oxygen atoms in total. The number of rotatable bonds is 2. The summed E-state index contributed by atoms with van der Waals surface area (Å²) >= 11 is 0. The predicted octanol–water partition coefficient (Wildman–Crippen LogP) is 3.92. The Balaban J connectivity index is 1.81. The van der Waals surface area contributed by atoms with Gasteiger partial charge in [-0.3, -0.25) is 9.59 Å². The zero-order valence-electron chi connectivity index (χ0n) is 12.1. The van der Waals surface area contributed by atoms with E-state index in [0.717, 1.165) is 0 Å². The quantitative estimate of drug-likeness (QED) is 0.525. The van der Waals surface area contributed by atoms with Gasteiger partial charge in [0.2, 0.25) is 23.4 Å². The first-order valence-electron chi connectivity index (χ1n) is 7.03. The van der Waals surface area contributed by atoms with E-state index in [1.165, 1.54) is 0 Å². The van der Waals surface area contributed by atoms with Crippen molar-refractivity contribution in [1.29, 1.82) is 0 Å². The first-order chi connectivity index (χ1) is 11.7. The van der Waals surface area contributed by atoms with Crippen LogP contribution in [0.4, 0.5) is 11.4 Å². The highest BCUT2D eigenvalue weighted by Gasteiger charge is 2.09. The Bertz CT molecular complexity index is 1110. The summed E-state index contributed by atoms with van der Waals surface area (Å²) in [5, 5.41) is 8.25. The van der Waals surface area contributed by atoms with Gasteiger partial charge in [-0.05, 0) is 24.3 Å². The molecule has 0 aliphatic carbocycles. The fourth-order valence-corrected chi connectivity index (χ4v) is 2.27. The largest absolute Gasteiger partial charge is 0.450 e. The second-order valence-electron chi connectivity index (χ2n) is 4.96. The summed E-state index contributed by atoms with van der Waals surface area (Å²) in [5.74, 6) is 0. The van der Waals surface area contributed by atoms with Crippen LogP contribution in [0.1, 0.15) is 0 Å². The molecule has 0 amide bonds. The van der Waals surface area contributed by atoms with Gasteiger partial charge < -0.3 is 8.83 Å². The van der Waals surface area contributed by atoms with Crippen LogP contribution in [0.25, 0.3) is 21.9 Å². The first kappa shape index (κ1) is 14.1. The second-order valence-corrected chi connectivity index (χ2v) is 4.96. The fourth-order valence-electron chi connectivity index (χ4n) is 2.27. The molecule has 0 aliphatic heterocycles. The van der Waals surface area contributed by atoms with Crippen molar-refractivity contribution in [3.05, 3.63) is 81.5 Å². The molecular weight excluding hydrogens is 308 g/mol. The van der Waals surface area contributed by atoms with E-state index in [-0.39, 0.29) is 22.2 Å². The van der Waals surface area contributed by atoms with Crippen molar-refractivity contribution < 1.29 is 8.83 Å². The molecule has 0 unspecified atom stereocenters. The number of fused-ring (bicyclic) bond motifs is 2. The average Bonchev–Trinajstić information content (AvgIpc) is 2.63. The fraction of sp³-hybridized carbons (Fsp3) is 0. The van der Waals surface area contributed by atoms with E-state index >= 15 is 0 Å². The molecule has 0 atom stereocenters. The molecule has 114 valence electrons. The molecule has 2 aromatic carbocycles. The Hall–Kier alpha value is -3.54. The van der Waals surface area contributed by atoms with Crippen LogP contribution in [0, 0.1) is 12.5 Å². The Morgan fingerprint density at radius 3 is 1.54 bits per heavy atom. The third-order valence-electron chi connectivity index (χ3n) is 3.46. The molecule has 2 radical (unpaired) electrons. The van der Waals surface area contributed by atoms with Gasteiger partial charge in [-0.15, -0.1) is 10.2 Å². The molecule has 0 saturated heterocycles. The SMILES string of the molecule is O=c1c(N=Nc2[c]oc3ccccc3c2=O)[c]oc2ccccc12. The Morgan fingerprint density at radius 2 is 1.08 bits per heavy atom. The van der Waals surface area contributed by atoms with Gasteiger partial charge in [-0.1, -0.05) is 24.3 Å². The summed E-state index contributed by atoms with van der Waals surface area (Å²) in [6.07, 6.45) is 4.82. The molecule has 2 heterocycles. The lowest BCUT2D eigenvalue weighted by atomic mass is 10.2. The number of para-hydroxylation sites is 2. The van der Waals surface area contributed by atoms with Gasteiger partial charge in [0.25, 0.3) is 0 Å². The monoisotopic (exact) mass is 316 g/mol. The highest BCUT2D eigenvalue weighted by Crippen LogP contribution is 2.18.